The van der Waals surface area contributed by atoms with Crippen molar-refractivity contribution in [1.82, 2.24) is 4.98 Å². The highest BCUT2D eigenvalue weighted by Gasteiger charge is 2.34. The van der Waals surface area contributed by atoms with Crippen molar-refractivity contribution in [2.75, 3.05) is 11.9 Å². The van der Waals surface area contributed by atoms with E-state index in [1.165, 1.54) is 42.6 Å². The highest BCUT2D eigenvalue weighted by atomic mass is 35.5. The third-order valence-corrected chi connectivity index (χ3v) is 4.78. The molecule has 156 valence electrons. The third-order valence-electron chi connectivity index (χ3n) is 4.43. The number of rotatable bonds is 6. The maximum atomic E-state index is 13.8. The van der Waals surface area contributed by atoms with Crippen molar-refractivity contribution in [1.29, 1.82) is 0 Å². The van der Waals surface area contributed by atoms with Crippen LogP contribution in [0.3, 0.4) is 0 Å². The summed E-state index contributed by atoms with van der Waals surface area (Å²) in [5, 5.41) is 3.29. The Morgan fingerprint density at radius 3 is 2.50 bits per heavy atom. The molecule has 0 aliphatic heterocycles. The van der Waals surface area contributed by atoms with Gasteiger partial charge in [-0.2, -0.15) is 13.2 Å². The number of anilines is 1. The molecule has 0 spiro atoms. The van der Waals surface area contributed by atoms with Crippen LogP contribution in [0.15, 0.2) is 54.7 Å². The average molecular weight is 438 g/mol. The quantitative estimate of drug-likeness (QED) is 0.513. The number of carbonyl (C=O) groups is 1. The molecule has 1 heterocycles. The topological polar surface area (TPSA) is 68.0 Å². The largest absolute Gasteiger partial charge is 0.417 e. The van der Waals surface area contributed by atoms with Crippen LogP contribution in [0.1, 0.15) is 21.5 Å². The summed E-state index contributed by atoms with van der Waals surface area (Å²) in [6.45, 7) is 0.327. The molecule has 30 heavy (non-hydrogen) atoms. The molecule has 0 fully saturated rings. The van der Waals surface area contributed by atoms with E-state index in [0.29, 0.717) is 29.4 Å². The van der Waals surface area contributed by atoms with E-state index in [1.807, 2.05) is 0 Å². The number of hydrogen-bond donors (Lipinski definition) is 2. The van der Waals surface area contributed by atoms with Crippen molar-refractivity contribution in [3.05, 3.63) is 82.3 Å². The minimum atomic E-state index is -4.67. The number of benzene rings is 2. The molecule has 3 N–H and O–H groups in total. The number of primary amides is 1. The second-order valence-electron chi connectivity index (χ2n) is 6.43. The van der Waals surface area contributed by atoms with Crippen LogP contribution in [0.25, 0.3) is 11.1 Å². The molecule has 0 saturated carbocycles. The van der Waals surface area contributed by atoms with Crippen LogP contribution in [0.4, 0.5) is 23.4 Å². The molecule has 1 aromatic heterocycles. The van der Waals surface area contributed by atoms with Gasteiger partial charge >= 0.3 is 6.18 Å². The van der Waals surface area contributed by atoms with E-state index in [1.54, 1.807) is 6.07 Å². The zero-order chi connectivity index (χ0) is 21.9. The van der Waals surface area contributed by atoms with Gasteiger partial charge in [0.1, 0.15) is 11.6 Å². The van der Waals surface area contributed by atoms with Crippen molar-refractivity contribution in [2.24, 2.45) is 5.73 Å². The standard InChI is InChI=1S/C21H16ClF4N3O/c22-17-2-1-3-18(23)15(17)8-9-28-19-7-5-13(11-29-19)14-6-4-12(20(27)30)10-16(14)21(24,25)26/h1-7,10-11H,8-9H2,(H2,27,30)(H,28,29). The molecule has 0 radical (unpaired) electrons. The fraction of sp³-hybridized carbons (Fsp3) is 0.143. The Bertz CT molecular complexity index is 1050. The summed E-state index contributed by atoms with van der Waals surface area (Å²) in [5.41, 5.74) is 4.35. The van der Waals surface area contributed by atoms with E-state index in [-0.39, 0.29) is 16.7 Å². The Kier molecular flexibility index (Phi) is 6.26. The minimum Gasteiger partial charge on any atom is -0.370 e. The summed E-state index contributed by atoms with van der Waals surface area (Å²) >= 11 is 5.98. The Morgan fingerprint density at radius 2 is 1.90 bits per heavy atom. The van der Waals surface area contributed by atoms with Gasteiger partial charge in [-0.25, -0.2) is 9.37 Å². The van der Waals surface area contributed by atoms with Crippen LogP contribution in [0, 0.1) is 5.82 Å². The highest BCUT2D eigenvalue weighted by Crippen LogP contribution is 2.37. The molecule has 3 aromatic rings. The Balaban J connectivity index is 1.77. The monoisotopic (exact) mass is 437 g/mol. The summed E-state index contributed by atoms with van der Waals surface area (Å²) in [4.78, 5) is 15.3. The van der Waals surface area contributed by atoms with Crippen LogP contribution < -0.4 is 11.1 Å². The molecule has 0 bridgehead atoms. The molecule has 9 heteroatoms. The van der Waals surface area contributed by atoms with Crippen molar-refractivity contribution in [3.63, 3.8) is 0 Å². The summed E-state index contributed by atoms with van der Waals surface area (Å²) in [7, 11) is 0. The lowest BCUT2D eigenvalue weighted by atomic mass is 9.98. The van der Waals surface area contributed by atoms with Gasteiger partial charge in [-0.3, -0.25) is 4.79 Å². The number of amides is 1. The van der Waals surface area contributed by atoms with E-state index in [9.17, 15) is 22.4 Å². The molecule has 2 aromatic carbocycles. The molecular weight excluding hydrogens is 422 g/mol. The number of hydrogen-bond acceptors (Lipinski definition) is 3. The van der Waals surface area contributed by atoms with Gasteiger partial charge < -0.3 is 11.1 Å². The summed E-state index contributed by atoms with van der Waals surface area (Å²) in [6.07, 6.45) is -3.08. The summed E-state index contributed by atoms with van der Waals surface area (Å²) in [6, 6.07) is 10.6. The van der Waals surface area contributed by atoms with Crippen molar-refractivity contribution in [2.45, 2.75) is 12.6 Å². The van der Waals surface area contributed by atoms with Crippen LogP contribution in [-0.2, 0) is 12.6 Å². The van der Waals surface area contributed by atoms with Gasteiger partial charge in [0.2, 0.25) is 5.91 Å². The number of halogens is 5. The van der Waals surface area contributed by atoms with E-state index in [0.717, 1.165) is 6.07 Å². The van der Waals surface area contributed by atoms with Gasteiger partial charge in [-0.15, -0.1) is 0 Å². The smallest absolute Gasteiger partial charge is 0.370 e. The SMILES string of the molecule is NC(=O)c1ccc(-c2ccc(NCCc3c(F)cccc3Cl)nc2)c(C(F)(F)F)c1. The highest BCUT2D eigenvalue weighted by molar-refractivity contribution is 6.31. The van der Waals surface area contributed by atoms with Crippen LogP contribution in [0.5, 0.6) is 0 Å². The predicted molar refractivity (Wildman–Crippen MR) is 107 cm³/mol. The van der Waals surface area contributed by atoms with Gasteiger partial charge in [0.15, 0.2) is 0 Å². The molecule has 3 rings (SSSR count). The second kappa shape index (κ2) is 8.71. The Morgan fingerprint density at radius 1 is 1.13 bits per heavy atom. The van der Waals surface area contributed by atoms with Crippen molar-refractivity contribution in [3.8, 4) is 11.1 Å². The average Bonchev–Trinajstić information content (AvgIpc) is 2.69. The van der Waals surface area contributed by atoms with Gasteiger partial charge in [0.05, 0.1) is 5.56 Å². The molecule has 0 aliphatic carbocycles. The van der Waals surface area contributed by atoms with Gasteiger partial charge in [0.25, 0.3) is 0 Å². The van der Waals surface area contributed by atoms with Gasteiger partial charge in [0, 0.05) is 34.5 Å². The Hall–Kier alpha value is -3.13. The zero-order valence-electron chi connectivity index (χ0n) is 15.4. The fourth-order valence-corrected chi connectivity index (χ4v) is 3.19. The van der Waals surface area contributed by atoms with Crippen LogP contribution in [0.2, 0.25) is 5.02 Å². The van der Waals surface area contributed by atoms with Crippen LogP contribution in [-0.4, -0.2) is 17.4 Å². The van der Waals surface area contributed by atoms with Gasteiger partial charge in [-0.1, -0.05) is 23.7 Å². The lowest BCUT2D eigenvalue weighted by Gasteiger charge is -2.14. The van der Waals surface area contributed by atoms with E-state index in [4.69, 9.17) is 17.3 Å². The number of alkyl halides is 3. The zero-order valence-corrected chi connectivity index (χ0v) is 16.2. The predicted octanol–water partition coefficient (Wildman–Crippen LogP) is 5.31. The van der Waals surface area contributed by atoms with Crippen molar-refractivity contribution < 1.29 is 22.4 Å². The van der Waals surface area contributed by atoms with Gasteiger partial charge in [-0.05, 0) is 48.4 Å². The molecule has 1 amide bonds. The van der Waals surface area contributed by atoms with E-state index < -0.39 is 23.5 Å². The summed E-state index contributed by atoms with van der Waals surface area (Å²) < 4.78 is 54.1. The molecule has 0 aliphatic rings. The molecular formula is C21H16ClF4N3O. The van der Waals surface area contributed by atoms with Crippen LogP contribution >= 0.6 is 11.6 Å². The number of pyridine rings is 1. The number of carbonyl (C=O) groups excluding carboxylic acids is 1. The maximum Gasteiger partial charge on any atom is 0.417 e. The molecule has 0 unspecified atom stereocenters. The Labute approximate surface area is 174 Å². The van der Waals surface area contributed by atoms with E-state index in [2.05, 4.69) is 10.3 Å². The first-order valence-corrected chi connectivity index (χ1v) is 9.19. The number of nitrogens with one attached hydrogen (secondary N) is 1. The number of nitrogens with zero attached hydrogens (tertiary/aromatic N) is 1. The third kappa shape index (κ3) is 4.88. The van der Waals surface area contributed by atoms with E-state index >= 15 is 0 Å². The fourth-order valence-electron chi connectivity index (χ4n) is 2.93. The first kappa shape index (κ1) is 21.6. The number of nitrogens with two attached hydrogens (primary N) is 1. The normalized spacial score (nSPS) is 11.4. The number of aromatic nitrogens is 1. The molecule has 0 saturated heterocycles. The maximum absolute atomic E-state index is 13.8. The lowest BCUT2D eigenvalue weighted by molar-refractivity contribution is -0.137. The first-order valence-electron chi connectivity index (χ1n) is 8.81. The first-order chi connectivity index (χ1) is 14.2. The molecule has 4 nitrogen and oxygen atoms in total. The second-order valence-corrected chi connectivity index (χ2v) is 6.84. The summed E-state index contributed by atoms with van der Waals surface area (Å²) in [5.74, 6) is -0.945. The lowest BCUT2D eigenvalue weighted by Crippen LogP contribution is -2.14. The van der Waals surface area contributed by atoms with Crippen molar-refractivity contribution >= 4 is 23.3 Å². The molecule has 0 atom stereocenters. The minimum absolute atomic E-state index is 0.121.